The van der Waals surface area contributed by atoms with Crippen LogP contribution in [0.5, 0.6) is 0 Å². The zero-order valence-corrected chi connectivity index (χ0v) is 11.6. The molecule has 0 aliphatic rings. The molecule has 16 heavy (non-hydrogen) atoms. The maximum Gasteiger partial charge on any atom is 0.0703 e. The van der Waals surface area contributed by atoms with Crippen LogP contribution in [0.25, 0.3) is 0 Å². The second-order valence-electron chi connectivity index (χ2n) is 5.59. The largest absolute Gasteiger partial charge is 0.378 e. The second-order valence-corrected chi connectivity index (χ2v) is 5.59. The first-order valence-corrected chi connectivity index (χ1v) is 6.32. The molecule has 0 atom stereocenters. The van der Waals surface area contributed by atoms with Crippen molar-refractivity contribution in [1.82, 2.24) is 5.32 Å². The summed E-state index contributed by atoms with van der Waals surface area (Å²) in [6, 6.07) is 0. The Bertz CT molecular complexity index is 153. The van der Waals surface area contributed by atoms with Gasteiger partial charge in [-0.1, -0.05) is 20.8 Å². The quantitative estimate of drug-likeness (QED) is 0.618. The highest BCUT2D eigenvalue weighted by molar-refractivity contribution is 4.62. The third kappa shape index (κ3) is 13.9. The van der Waals surface area contributed by atoms with Gasteiger partial charge in [0.15, 0.2) is 0 Å². The van der Waals surface area contributed by atoms with Crippen LogP contribution >= 0.6 is 0 Å². The fourth-order valence-electron chi connectivity index (χ4n) is 1.18. The molecule has 0 spiro atoms. The smallest absolute Gasteiger partial charge is 0.0703 e. The van der Waals surface area contributed by atoms with E-state index in [1.165, 1.54) is 6.42 Å². The minimum atomic E-state index is 0.300. The maximum atomic E-state index is 5.43. The summed E-state index contributed by atoms with van der Waals surface area (Å²) >= 11 is 0. The Morgan fingerprint density at radius 2 is 1.69 bits per heavy atom. The summed E-state index contributed by atoms with van der Waals surface area (Å²) in [6.45, 7) is 15.0. The highest BCUT2D eigenvalue weighted by atomic mass is 16.5. The van der Waals surface area contributed by atoms with Crippen LogP contribution < -0.4 is 5.32 Å². The predicted molar refractivity (Wildman–Crippen MR) is 68.8 cm³/mol. The van der Waals surface area contributed by atoms with Gasteiger partial charge >= 0.3 is 0 Å². The molecule has 1 N–H and O–H groups in total. The van der Waals surface area contributed by atoms with Crippen LogP contribution in [-0.4, -0.2) is 39.0 Å². The lowest BCUT2D eigenvalue weighted by Gasteiger charge is -2.18. The van der Waals surface area contributed by atoms with Crippen LogP contribution in [0.15, 0.2) is 0 Å². The molecule has 0 heterocycles. The lowest BCUT2D eigenvalue weighted by atomic mass is 9.92. The van der Waals surface area contributed by atoms with Gasteiger partial charge < -0.3 is 14.8 Å². The molecule has 0 aromatic heterocycles. The van der Waals surface area contributed by atoms with E-state index in [2.05, 4.69) is 26.1 Å². The molecule has 0 saturated carbocycles. The summed E-state index contributed by atoms with van der Waals surface area (Å²) in [5.74, 6) is 0. The molecule has 0 amide bonds. The SMILES string of the molecule is CC(C)OCCOCCNCCC(C)(C)C. The summed E-state index contributed by atoms with van der Waals surface area (Å²) in [5.41, 5.74) is 0.416. The Morgan fingerprint density at radius 1 is 1.00 bits per heavy atom. The van der Waals surface area contributed by atoms with Crippen molar-refractivity contribution < 1.29 is 9.47 Å². The number of rotatable bonds is 9. The Hall–Kier alpha value is -0.120. The van der Waals surface area contributed by atoms with Crippen molar-refractivity contribution >= 4 is 0 Å². The molecule has 0 bridgehead atoms. The molecule has 0 rings (SSSR count). The van der Waals surface area contributed by atoms with Crippen molar-refractivity contribution in [3.05, 3.63) is 0 Å². The molecular formula is C13H29NO2. The molecule has 0 aromatic carbocycles. The topological polar surface area (TPSA) is 30.5 Å². The summed E-state index contributed by atoms with van der Waals surface area (Å²) in [5, 5.41) is 3.38. The number of hydrogen-bond donors (Lipinski definition) is 1. The first-order valence-electron chi connectivity index (χ1n) is 6.32. The van der Waals surface area contributed by atoms with Gasteiger partial charge in [0.05, 0.1) is 25.9 Å². The van der Waals surface area contributed by atoms with Gasteiger partial charge in [0.25, 0.3) is 0 Å². The summed E-state index contributed by atoms with van der Waals surface area (Å²) < 4.78 is 10.8. The minimum absolute atomic E-state index is 0.300. The van der Waals surface area contributed by atoms with E-state index >= 15 is 0 Å². The van der Waals surface area contributed by atoms with Crippen LogP contribution in [0.4, 0.5) is 0 Å². The van der Waals surface area contributed by atoms with E-state index in [0.717, 1.165) is 19.7 Å². The van der Waals surface area contributed by atoms with Crippen LogP contribution in [-0.2, 0) is 9.47 Å². The van der Waals surface area contributed by atoms with Crippen molar-refractivity contribution in [2.45, 2.75) is 47.1 Å². The highest BCUT2D eigenvalue weighted by Gasteiger charge is 2.08. The minimum Gasteiger partial charge on any atom is -0.378 e. The lowest BCUT2D eigenvalue weighted by molar-refractivity contribution is 0.0204. The van der Waals surface area contributed by atoms with Crippen molar-refractivity contribution in [3.63, 3.8) is 0 Å². The van der Waals surface area contributed by atoms with Gasteiger partial charge in [-0.2, -0.15) is 0 Å². The third-order valence-corrected chi connectivity index (χ3v) is 2.15. The van der Waals surface area contributed by atoms with E-state index in [0.29, 0.717) is 24.7 Å². The Kier molecular flexibility index (Phi) is 8.90. The van der Waals surface area contributed by atoms with Crippen LogP contribution in [0.2, 0.25) is 0 Å². The molecule has 0 fully saturated rings. The fourth-order valence-corrected chi connectivity index (χ4v) is 1.18. The Morgan fingerprint density at radius 3 is 2.25 bits per heavy atom. The Balaban J connectivity index is 3.05. The fraction of sp³-hybridized carbons (Fsp3) is 1.00. The number of ether oxygens (including phenoxy) is 2. The van der Waals surface area contributed by atoms with Crippen LogP contribution in [0, 0.1) is 5.41 Å². The number of nitrogens with one attached hydrogen (secondary N) is 1. The van der Waals surface area contributed by atoms with E-state index < -0.39 is 0 Å². The zero-order valence-electron chi connectivity index (χ0n) is 11.6. The molecule has 0 unspecified atom stereocenters. The molecule has 0 aliphatic carbocycles. The molecule has 0 aliphatic heterocycles. The van der Waals surface area contributed by atoms with Gasteiger partial charge in [0, 0.05) is 6.54 Å². The summed E-state index contributed by atoms with van der Waals surface area (Å²) in [4.78, 5) is 0. The van der Waals surface area contributed by atoms with Crippen molar-refractivity contribution in [3.8, 4) is 0 Å². The second kappa shape index (κ2) is 8.97. The van der Waals surface area contributed by atoms with Gasteiger partial charge in [0.1, 0.15) is 0 Å². The van der Waals surface area contributed by atoms with Crippen LogP contribution in [0.3, 0.4) is 0 Å². The van der Waals surface area contributed by atoms with Crippen molar-refractivity contribution in [2.75, 3.05) is 32.9 Å². The third-order valence-electron chi connectivity index (χ3n) is 2.15. The first-order chi connectivity index (χ1) is 7.42. The standard InChI is InChI=1S/C13H29NO2/c1-12(2)16-11-10-15-9-8-14-7-6-13(3,4)5/h12,14H,6-11H2,1-5H3. The first kappa shape index (κ1) is 15.9. The molecule has 3 heteroatoms. The number of hydrogen-bond acceptors (Lipinski definition) is 3. The predicted octanol–water partition coefficient (Wildman–Crippen LogP) is 2.45. The molecule has 0 radical (unpaired) electrons. The van der Waals surface area contributed by atoms with Crippen molar-refractivity contribution in [1.29, 1.82) is 0 Å². The van der Waals surface area contributed by atoms with E-state index in [-0.39, 0.29) is 0 Å². The van der Waals surface area contributed by atoms with Gasteiger partial charge in [0.2, 0.25) is 0 Å². The molecule has 0 aromatic rings. The van der Waals surface area contributed by atoms with Crippen molar-refractivity contribution in [2.24, 2.45) is 5.41 Å². The van der Waals surface area contributed by atoms with Gasteiger partial charge in [-0.3, -0.25) is 0 Å². The average Bonchev–Trinajstić information content (AvgIpc) is 2.13. The molecule has 3 nitrogen and oxygen atoms in total. The molecule has 98 valence electrons. The van der Waals surface area contributed by atoms with E-state index in [4.69, 9.17) is 9.47 Å². The van der Waals surface area contributed by atoms with E-state index in [9.17, 15) is 0 Å². The summed E-state index contributed by atoms with van der Waals surface area (Å²) in [7, 11) is 0. The highest BCUT2D eigenvalue weighted by Crippen LogP contribution is 2.16. The van der Waals surface area contributed by atoms with Gasteiger partial charge in [-0.05, 0) is 32.2 Å². The summed E-state index contributed by atoms with van der Waals surface area (Å²) in [6.07, 6.45) is 1.50. The lowest BCUT2D eigenvalue weighted by Crippen LogP contribution is -2.24. The Labute approximate surface area is 101 Å². The van der Waals surface area contributed by atoms with E-state index in [1.807, 2.05) is 13.8 Å². The van der Waals surface area contributed by atoms with Gasteiger partial charge in [-0.25, -0.2) is 0 Å². The normalized spacial score (nSPS) is 12.4. The van der Waals surface area contributed by atoms with E-state index in [1.54, 1.807) is 0 Å². The van der Waals surface area contributed by atoms with Crippen LogP contribution in [0.1, 0.15) is 41.0 Å². The van der Waals surface area contributed by atoms with Gasteiger partial charge in [-0.15, -0.1) is 0 Å². The monoisotopic (exact) mass is 231 g/mol. The average molecular weight is 231 g/mol. The molecule has 0 saturated heterocycles. The zero-order chi connectivity index (χ0) is 12.4. The maximum absolute atomic E-state index is 5.43. The molecular weight excluding hydrogens is 202 g/mol.